The molecule has 1 N–H and O–H groups in total. The van der Waals surface area contributed by atoms with Gasteiger partial charge in [-0.05, 0) is 29.0 Å². The van der Waals surface area contributed by atoms with Crippen LogP contribution in [0.15, 0.2) is 58.8 Å². The summed E-state index contributed by atoms with van der Waals surface area (Å²) in [7, 11) is 0. The van der Waals surface area contributed by atoms with E-state index in [1.807, 2.05) is 42.7 Å². The van der Waals surface area contributed by atoms with E-state index in [-0.39, 0.29) is 4.88 Å². The highest BCUT2D eigenvalue weighted by Gasteiger charge is 2.19. The average Bonchev–Trinajstić information content (AvgIpc) is 3.06. The molecule has 0 fully saturated rings. The van der Waals surface area contributed by atoms with E-state index >= 15 is 0 Å². The summed E-state index contributed by atoms with van der Waals surface area (Å²) in [5.74, 6) is -1.01. The fourth-order valence-corrected chi connectivity index (χ4v) is 4.06. The summed E-state index contributed by atoms with van der Waals surface area (Å²) in [6.07, 6.45) is 2.04. The molecule has 0 spiro atoms. The third-order valence-corrected chi connectivity index (χ3v) is 5.46. The zero-order chi connectivity index (χ0) is 17.1. The summed E-state index contributed by atoms with van der Waals surface area (Å²) in [4.78, 5) is 12.8. The largest absolute Gasteiger partial charge is 0.477 e. The van der Waals surface area contributed by atoms with Gasteiger partial charge in [0.1, 0.15) is 10.9 Å². The molecule has 3 aromatic rings. The highest BCUT2D eigenvalue weighted by Crippen LogP contribution is 2.35. The van der Waals surface area contributed by atoms with Gasteiger partial charge in [0.2, 0.25) is 0 Å². The smallest absolute Gasteiger partial charge is 0.346 e. The monoisotopic (exact) mass is 351 g/mol. The summed E-state index contributed by atoms with van der Waals surface area (Å²) in [6, 6.07) is 17.9. The maximum atomic E-state index is 11.4. The Labute approximate surface area is 148 Å². The number of thiophene rings is 1. The summed E-state index contributed by atoms with van der Waals surface area (Å²) >= 11 is 2.77. The van der Waals surface area contributed by atoms with Gasteiger partial charge in [-0.15, -0.1) is 23.1 Å². The van der Waals surface area contributed by atoms with Crippen molar-refractivity contribution in [3.05, 3.63) is 64.4 Å². The Bertz CT molecular complexity index is 937. The maximum absolute atomic E-state index is 11.4. The first-order chi connectivity index (χ1) is 11.7. The number of hydrogen-bond acceptors (Lipinski definition) is 4. The van der Waals surface area contributed by atoms with Crippen LogP contribution in [0.2, 0.25) is 0 Å². The average molecular weight is 351 g/mol. The number of nitriles is 1. The SMILES string of the molecule is CSc1ccccc1-c1ccc(-c2c(C#N)csc2C(=O)O)cc1. The summed E-state index contributed by atoms with van der Waals surface area (Å²) in [5.41, 5.74) is 3.85. The summed E-state index contributed by atoms with van der Waals surface area (Å²) in [5, 5.41) is 20.2. The first kappa shape index (κ1) is 16.3. The molecule has 0 saturated carbocycles. The van der Waals surface area contributed by atoms with E-state index in [0.29, 0.717) is 11.1 Å². The number of carbonyl (C=O) groups is 1. The molecule has 3 rings (SSSR count). The Morgan fingerprint density at radius 3 is 2.42 bits per heavy atom. The summed E-state index contributed by atoms with van der Waals surface area (Å²) in [6.45, 7) is 0. The van der Waals surface area contributed by atoms with E-state index in [2.05, 4.69) is 18.2 Å². The molecule has 0 radical (unpaired) electrons. The van der Waals surface area contributed by atoms with Crippen LogP contribution < -0.4 is 0 Å². The maximum Gasteiger partial charge on any atom is 0.346 e. The molecule has 0 amide bonds. The Kier molecular flexibility index (Phi) is 4.70. The minimum Gasteiger partial charge on any atom is -0.477 e. The Balaban J connectivity index is 2.07. The van der Waals surface area contributed by atoms with Crippen LogP contribution in [0.3, 0.4) is 0 Å². The van der Waals surface area contributed by atoms with Crippen molar-refractivity contribution in [1.29, 1.82) is 5.26 Å². The highest BCUT2D eigenvalue weighted by atomic mass is 32.2. The Hall–Kier alpha value is -2.55. The third-order valence-electron chi connectivity index (χ3n) is 3.70. The molecule has 118 valence electrons. The number of hydrogen-bond donors (Lipinski definition) is 1. The molecule has 1 heterocycles. The van der Waals surface area contributed by atoms with Gasteiger partial charge in [0, 0.05) is 15.8 Å². The van der Waals surface area contributed by atoms with Crippen LogP contribution in [0.4, 0.5) is 0 Å². The minimum atomic E-state index is -1.01. The predicted molar refractivity (Wildman–Crippen MR) is 98.6 cm³/mol. The first-order valence-electron chi connectivity index (χ1n) is 7.14. The number of thioether (sulfide) groups is 1. The van der Waals surface area contributed by atoms with Gasteiger partial charge in [-0.3, -0.25) is 0 Å². The van der Waals surface area contributed by atoms with Gasteiger partial charge in [-0.1, -0.05) is 42.5 Å². The van der Waals surface area contributed by atoms with E-state index in [1.54, 1.807) is 17.1 Å². The topological polar surface area (TPSA) is 61.1 Å². The van der Waals surface area contributed by atoms with Gasteiger partial charge < -0.3 is 5.11 Å². The zero-order valence-corrected chi connectivity index (χ0v) is 14.4. The van der Waals surface area contributed by atoms with Gasteiger partial charge in [0.05, 0.1) is 5.56 Å². The molecule has 0 saturated heterocycles. The van der Waals surface area contributed by atoms with Crippen molar-refractivity contribution >= 4 is 29.1 Å². The zero-order valence-electron chi connectivity index (χ0n) is 12.8. The van der Waals surface area contributed by atoms with Gasteiger partial charge >= 0.3 is 5.97 Å². The van der Waals surface area contributed by atoms with E-state index in [1.165, 1.54) is 4.90 Å². The van der Waals surface area contributed by atoms with E-state index in [4.69, 9.17) is 0 Å². The molecule has 5 heteroatoms. The second kappa shape index (κ2) is 6.91. The third kappa shape index (κ3) is 2.94. The number of benzene rings is 2. The number of rotatable bonds is 4. The second-order valence-corrected chi connectivity index (χ2v) is 6.78. The predicted octanol–water partition coefficient (Wildman–Crippen LogP) is 5.37. The van der Waals surface area contributed by atoms with E-state index in [0.717, 1.165) is 28.0 Å². The molecule has 0 aliphatic carbocycles. The van der Waals surface area contributed by atoms with Gasteiger partial charge in [0.25, 0.3) is 0 Å². The van der Waals surface area contributed by atoms with Crippen LogP contribution in [0, 0.1) is 11.3 Å². The normalized spacial score (nSPS) is 10.3. The van der Waals surface area contributed by atoms with Gasteiger partial charge in [-0.25, -0.2) is 4.79 Å². The molecule has 0 bridgehead atoms. The van der Waals surface area contributed by atoms with Crippen LogP contribution in [0.1, 0.15) is 15.2 Å². The van der Waals surface area contributed by atoms with Crippen molar-refractivity contribution in [3.63, 3.8) is 0 Å². The lowest BCUT2D eigenvalue weighted by Gasteiger charge is -2.09. The van der Waals surface area contributed by atoms with Crippen molar-refractivity contribution < 1.29 is 9.90 Å². The first-order valence-corrected chi connectivity index (χ1v) is 9.25. The summed E-state index contributed by atoms with van der Waals surface area (Å²) < 4.78 is 0. The fraction of sp³-hybridized carbons (Fsp3) is 0.0526. The number of carboxylic acids is 1. The lowest BCUT2D eigenvalue weighted by Crippen LogP contribution is -1.95. The van der Waals surface area contributed by atoms with Crippen molar-refractivity contribution in [2.24, 2.45) is 0 Å². The molecular formula is C19H13NO2S2. The lowest BCUT2D eigenvalue weighted by atomic mass is 9.98. The molecule has 24 heavy (non-hydrogen) atoms. The van der Waals surface area contributed by atoms with Crippen LogP contribution in [-0.4, -0.2) is 17.3 Å². The second-order valence-electron chi connectivity index (χ2n) is 5.05. The van der Waals surface area contributed by atoms with Crippen molar-refractivity contribution in [3.8, 4) is 28.3 Å². The Morgan fingerprint density at radius 1 is 1.12 bits per heavy atom. The van der Waals surface area contributed by atoms with Crippen LogP contribution in [0.5, 0.6) is 0 Å². The molecule has 0 atom stereocenters. The minimum absolute atomic E-state index is 0.198. The fourth-order valence-electron chi connectivity index (χ4n) is 2.58. The van der Waals surface area contributed by atoms with Gasteiger partial charge in [0.15, 0.2) is 0 Å². The molecule has 1 aromatic heterocycles. The quantitative estimate of drug-likeness (QED) is 0.642. The number of nitrogens with zero attached hydrogens (tertiary/aromatic N) is 1. The van der Waals surface area contributed by atoms with Crippen LogP contribution in [-0.2, 0) is 0 Å². The van der Waals surface area contributed by atoms with Crippen molar-refractivity contribution in [2.45, 2.75) is 4.90 Å². The molecule has 0 aliphatic heterocycles. The molecular weight excluding hydrogens is 338 g/mol. The van der Waals surface area contributed by atoms with Crippen molar-refractivity contribution in [2.75, 3.05) is 6.26 Å². The van der Waals surface area contributed by atoms with Crippen LogP contribution >= 0.6 is 23.1 Å². The molecule has 0 unspecified atom stereocenters. The Morgan fingerprint density at radius 2 is 1.79 bits per heavy atom. The lowest BCUT2D eigenvalue weighted by molar-refractivity contribution is 0.0703. The number of aromatic carboxylic acids is 1. The molecule has 2 aromatic carbocycles. The molecule has 3 nitrogen and oxygen atoms in total. The number of carboxylic acid groups (broad SMARTS) is 1. The van der Waals surface area contributed by atoms with Crippen molar-refractivity contribution in [1.82, 2.24) is 0 Å². The van der Waals surface area contributed by atoms with E-state index < -0.39 is 5.97 Å². The molecule has 0 aliphatic rings. The standard InChI is InChI=1S/C19H13NO2S2/c1-23-16-5-3-2-4-15(16)12-6-8-13(9-7-12)17-14(10-20)11-24-18(17)19(21)22/h2-9,11H,1H3,(H,21,22). The van der Waals surface area contributed by atoms with E-state index in [9.17, 15) is 15.2 Å². The van der Waals surface area contributed by atoms with Gasteiger partial charge in [-0.2, -0.15) is 5.26 Å². The highest BCUT2D eigenvalue weighted by molar-refractivity contribution is 7.98. The van der Waals surface area contributed by atoms with Crippen LogP contribution in [0.25, 0.3) is 22.3 Å².